The second-order valence-corrected chi connectivity index (χ2v) is 3.51. The van der Waals surface area contributed by atoms with Gasteiger partial charge in [0.15, 0.2) is 11.5 Å². The summed E-state index contributed by atoms with van der Waals surface area (Å²) in [6.45, 7) is 5.49. The summed E-state index contributed by atoms with van der Waals surface area (Å²) in [5, 5.41) is 0. The second-order valence-electron chi connectivity index (χ2n) is 3.51. The lowest BCUT2D eigenvalue weighted by atomic mass is 9.97. The van der Waals surface area contributed by atoms with Gasteiger partial charge >= 0.3 is 0 Å². The lowest BCUT2D eigenvalue weighted by Crippen LogP contribution is -2.02. The van der Waals surface area contributed by atoms with Gasteiger partial charge in [0.25, 0.3) is 0 Å². The number of ketones is 1. The summed E-state index contributed by atoms with van der Waals surface area (Å²) in [4.78, 5) is 11.1. The highest BCUT2D eigenvalue weighted by atomic mass is 16.3. The fourth-order valence-electron chi connectivity index (χ4n) is 1.85. The van der Waals surface area contributed by atoms with E-state index in [4.69, 9.17) is 10.2 Å². The van der Waals surface area contributed by atoms with Crippen molar-refractivity contribution < 1.29 is 9.21 Å². The minimum absolute atomic E-state index is 0. The highest BCUT2D eigenvalue weighted by molar-refractivity contribution is 5.97. The number of aryl methyl sites for hydroxylation is 1. The number of Topliss-reactive ketones (excluding diaryl/α,β-unsaturated/α-hetero) is 1. The van der Waals surface area contributed by atoms with Crippen LogP contribution in [0.15, 0.2) is 4.42 Å². The third kappa shape index (κ3) is 2.65. The zero-order valence-corrected chi connectivity index (χ0v) is 9.72. The first-order valence-electron chi connectivity index (χ1n) is 5.61. The molecule has 3 heteroatoms. The van der Waals surface area contributed by atoms with Crippen LogP contribution in [-0.2, 0) is 12.8 Å². The summed E-state index contributed by atoms with van der Waals surface area (Å²) in [7, 11) is 0. The molecule has 1 aliphatic rings. The molecule has 0 fully saturated rings. The normalized spacial score (nSPS) is 12.9. The molecule has 0 atom stereocenters. The molecule has 0 saturated heterocycles. The third-order valence-electron chi connectivity index (χ3n) is 2.53. The van der Waals surface area contributed by atoms with Crippen molar-refractivity contribution >= 4 is 11.5 Å². The van der Waals surface area contributed by atoms with E-state index in [-0.39, 0.29) is 13.2 Å². The summed E-state index contributed by atoms with van der Waals surface area (Å²) in [5.41, 5.74) is 7.45. The maximum Gasteiger partial charge on any atom is 0.197 e. The minimum Gasteiger partial charge on any atom is -0.455 e. The maximum atomic E-state index is 11.1. The predicted molar refractivity (Wildman–Crippen MR) is 67.8 cm³/mol. The van der Waals surface area contributed by atoms with Crippen LogP contribution in [-0.4, -0.2) is 5.78 Å². The molecule has 3 nitrogen and oxygen atoms in total. The van der Waals surface area contributed by atoms with Gasteiger partial charge < -0.3 is 10.2 Å². The van der Waals surface area contributed by atoms with Gasteiger partial charge in [-0.1, -0.05) is 21.3 Å². The molecule has 2 N–H and O–H groups in total. The number of rotatable bonds is 1. The number of hydrogen-bond donors (Lipinski definition) is 1. The molecular weight excluding hydrogens is 202 g/mol. The fourth-order valence-corrected chi connectivity index (χ4v) is 1.85. The quantitative estimate of drug-likeness (QED) is 0.743. The lowest BCUT2D eigenvalue weighted by molar-refractivity contribution is 0.0986. The van der Waals surface area contributed by atoms with Gasteiger partial charge in [-0.3, -0.25) is 4.79 Å². The van der Waals surface area contributed by atoms with Gasteiger partial charge in [-0.2, -0.15) is 0 Å². The highest BCUT2D eigenvalue weighted by Crippen LogP contribution is 2.31. The molecule has 0 saturated carbocycles. The van der Waals surface area contributed by atoms with Gasteiger partial charge in [0.1, 0.15) is 5.76 Å². The maximum absolute atomic E-state index is 11.1. The summed E-state index contributed by atoms with van der Waals surface area (Å²) < 4.78 is 5.42. The van der Waals surface area contributed by atoms with Crippen LogP contribution in [0.25, 0.3) is 0 Å². The zero-order chi connectivity index (χ0) is 11.4. The first kappa shape index (κ1) is 14.8. The number of fused-ring (bicyclic) bond motifs is 1. The number of furan rings is 1. The largest absolute Gasteiger partial charge is 0.455 e. The van der Waals surface area contributed by atoms with Crippen LogP contribution >= 0.6 is 0 Å². The molecular formula is C13H23NO2. The molecule has 0 bridgehead atoms. The third-order valence-corrected chi connectivity index (χ3v) is 2.53. The topological polar surface area (TPSA) is 56.2 Å². The second kappa shape index (κ2) is 6.36. The molecule has 1 aromatic rings. The Bertz CT molecular complexity index is 353. The Labute approximate surface area is 98.0 Å². The van der Waals surface area contributed by atoms with Crippen molar-refractivity contribution in [2.75, 3.05) is 5.73 Å². The number of nitrogen functional groups attached to an aromatic ring is 1. The smallest absolute Gasteiger partial charge is 0.197 e. The van der Waals surface area contributed by atoms with Crippen LogP contribution in [0.3, 0.4) is 0 Å². The number of nitrogens with two attached hydrogens (primary N) is 1. The Hall–Kier alpha value is -1.25. The van der Waals surface area contributed by atoms with E-state index >= 15 is 0 Å². The van der Waals surface area contributed by atoms with Crippen LogP contribution in [0.4, 0.5) is 5.69 Å². The molecule has 0 aromatic carbocycles. The van der Waals surface area contributed by atoms with Crippen LogP contribution in [0.5, 0.6) is 0 Å². The molecule has 1 heterocycles. The van der Waals surface area contributed by atoms with E-state index in [0.717, 1.165) is 37.0 Å². The van der Waals surface area contributed by atoms with Crippen molar-refractivity contribution in [3.8, 4) is 0 Å². The summed E-state index contributed by atoms with van der Waals surface area (Å²) in [6, 6.07) is 0. The molecule has 1 aromatic heterocycles. The molecule has 0 amide bonds. The molecule has 16 heavy (non-hydrogen) atoms. The van der Waals surface area contributed by atoms with E-state index in [1.54, 1.807) is 0 Å². The molecule has 92 valence electrons. The Morgan fingerprint density at radius 1 is 1.25 bits per heavy atom. The summed E-state index contributed by atoms with van der Waals surface area (Å²) in [6.07, 6.45) is 4.16. The molecule has 0 unspecified atom stereocenters. The Morgan fingerprint density at radius 2 is 1.81 bits per heavy atom. The molecule has 0 spiro atoms. The minimum atomic E-state index is -0.0769. The Kier molecular flexibility index (Phi) is 5.86. The van der Waals surface area contributed by atoms with E-state index in [0.29, 0.717) is 11.4 Å². The molecule has 1 aliphatic carbocycles. The van der Waals surface area contributed by atoms with Crippen LogP contribution in [0.2, 0.25) is 0 Å². The van der Waals surface area contributed by atoms with Gasteiger partial charge in [-0.05, 0) is 19.3 Å². The van der Waals surface area contributed by atoms with E-state index in [2.05, 4.69) is 0 Å². The average Bonchev–Trinajstić information content (AvgIpc) is 2.60. The van der Waals surface area contributed by atoms with E-state index in [9.17, 15) is 4.79 Å². The van der Waals surface area contributed by atoms with E-state index in [1.165, 1.54) is 6.92 Å². The first-order chi connectivity index (χ1) is 7.20. The Morgan fingerprint density at radius 3 is 2.31 bits per heavy atom. The SMILES string of the molecule is C.CC.CC(=O)c1oc2c(c1N)CCCC2. The van der Waals surface area contributed by atoms with Gasteiger partial charge in [0.05, 0.1) is 5.69 Å². The number of carbonyl (C=O) groups excluding carboxylic acids is 1. The molecule has 0 radical (unpaired) electrons. The fraction of sp³-hybridized carbons (Fsp3) is 0.615. The van der Waals surface area contributed by atoms with E-state index in [1.807, 2.05) is 13.8 Å². The van der Waals surface area contributed by atoms with Gasteiger partial charge in [0, 0.05) is 18.9 Å². The van der Waals surface area contributed by atoms with Crippen molar-refractivity contribution in [1.29, 1.82) is 0 Å². The summed E-state index contributed by atoms with van der Waals surface area (Å²) >= 11 is 0. The highest BCUT2D eigenvalue weighted by Gasteiger charge is 2.22. The Balaban J connectivity index is 0.000000711. The van der Waals surface area contributed by atoms with Crippen LogP contribution < -0.4 is 5.73 Å². The lowest BCUT2D eigenvalue weighted by Gasteiger charge is -2.08. The average molecular weight is 225 g/mol. The van der Waals surface area contributed by atoms with Crippen molar-refractivity contribution in [2.45, 2.75) is 53.9 Å². The molecule has 2 rings (SSSR count). The number of anilines is 1. The molecule has 0 aliphatic heterocycles. The van der Waals surface area contributed by atoms with Crippen molar-refractivity contribution in [2.24, 2.45) is 0 Å². The van der Waals surface area contributed by atoms with Crippen molar-refractivity contribution in [1.82, 2.24) is 0 Å². The summed E-state index contributed by atoms with van der Waals surface area (Å²) in [5.74, 6) is 1.20. The van der Waals surface area contributed by atoms with Crippen LogP contribution in [0, 0.1) is 0 Å². The number of hydrogen-bond acceptors (Lipinski definition) is 3. The van der Waals surface area contributed by atoms with E-state index < -0.39 is 0 Å². The standard InChI is InChI=1S/C10H13NO2.C2H6.CH4/c1-6(12)10-9(11)7-4-2-3-5-8(7)13-10;1-2;/h2-5,11H2,1H3;1-2H3;1H4. The number of carbonyl (C=O) groups is 1. The monoisotopic (exact) mass is 225 g/mol. The van der Waals surface area contributed by atoms with Crippen LogP contribution in [0.1, 0.15) is 62.9 Å². The zero-order valence-electron chi connectivity index (χ0n) is 9.72. The van der Waals surface area contributed by atoms with Gasteiger partial charge in [0.2, 0.25) is 0 Å². The van der Waals surface area contributed by atoms with Crippen molar-refractivity contribution in [3.63, 3.8) is 0 Å². The first-order valence-corrected chi connectivity index (χ1v) is 5.61. The van der Waals surface area contributed by atoms with Gasteiger partial charge in [-0.15, -0.1) is 0 Å². The van der Waals surface area contributed by atoms with Crippen molar-refractivity contribution in [3.05, 3.63) is 17.1 Å². The van der Waals surface area contributed by atoms with Gasteiger partial charge in [-0.25, -0.2) is 0 Å². The predicted octanol–water partition coefficient (Wildman–Crippen LogP) is 3.61.